The molecule has 102 valence electrons. The Labute approximate surface area is 115 Å². The van der Waals surface area contributed by atoms with Gasteiger partial charge in [0.15, 0.2) is 5.82 Å². The van der Waals surface area contributed by atoms with E-state index in [4.69, 9.17) is 0 Å². The van der Waals surface area contributed by atoms with Crippen molar-refractivity contribution in [3.63, 3.8) is 0 Å². The van der Waals surface area contributed by atoms with Gasteiger partial charge in [0.25, 0.3) is 5.91 Å². The molecule has 2 N–H and O–H groups in total. The summed E-state index contributed by atoms with van der Waals surface area (Å²) in [5.74, 6) is -0.331. The largest absolute Gasteiger partial charge is 0.365 e. The predicted molar refractivity (Wildman–Crippen MR) is 75.1 cm³/mol. The number of anilines is 2. The number of benzene rings is 1. The van der Waals surface area contributed by atoms with Gasteiger partial charge in [0.05, 0.1) is 5.56 Å². The zero-order valence-corrected chi connectivity index (χ0v) is 10.6. The van der Waals surface area contributed by atoms with Crippen molar-refractivity contribution in [3.8, 4) is 0 Å². The standard InChI is InChI=1S/C14H13FN4O/c1-2-9-16-12-7-8-13(19-18-12)17-14(20)10-5-3-4-6-11(10)15/h2-8H,1,9H2,(H,16,18)(H,17,19,20). The Morgan fingerprint density at radius 1 is 1.20 bits per heavy atom. The summed E-state index contributed by atoms with van der Waals surface area (Å²) in [6, 6.07) is 8.98. The average Bonchev–Trinajstić information content (AvgIpc) is 2.47. The van der Waals surface area contributed by atoms with Crippen molar-refractivity contribution in [2.45, 2.75) is 0 Å². The molecule has 1 aromatic carbocycles. The fourth-order valence-electron chi connectivity index (χ4n) is 1.50. The third-order valence-corrected chi connectivity index (χ3v) is 2.45. The SMILES string of the molecule is C=CCNc1ccc(NC(=O)c2ccccc2F)nn1. The van der Waals surface area contributed by atoms with E-state index in [1.165, 1.54) is 18.2 Å². The van der Waals surface area contributed by atoms with Gasteiger partial charge in [0.2, 0.25) is 0 Å². The smallest absolute Gasteiger partial charge is 0.259 e. The number of halogens is 1. The molecule has 0 aliphatic heterocycles. The Morgan fingerprint density at radius 3 is 2.55 bits per heavy atom. The van der Waals surface area contributed by atoms with Crippen molar-refractivity contribution >= 4 is 17.5 Å². The van der Waals surface area contributed by atoms with Gasteiger partial charge < -0.3 is 10.6 Å². The van der Waals surface area contributed by atoms with Crippen LogP contribution in [0.3, 0.4) is 0 Å². The first-order chi connectivity index (χ1) is 9.70. The van der Waals surface area contributed by atoms with E-state index in [-0.39, 0.29) is 11.4 Å². The van der Waals surface area contributed by atoms with Crippen LogP contribution >= 0.6 is 0 Å². The molecule has 0 bridgehead atoms. The number of rotatable bonds is 5. The van der Waals surface area contributed by atoms with Gasteiger partial charge in [0.1, 0.15) is 11.6 Å². The summed E-state index contributed by atoms with van der Waals surface area (Å²) >= 11 is 0. The second kappa shape index (κ2) is 6.42. The molecule has 0 unspecified atom stereocenters. The van der Waals surface area contributed by atoms with E-state index in [9.17, 15) is 9.18 Å². The normalized spacial score (nSPS) is 9.85. The van der Waals surface area contributed by atoms with Crippen LogP contribution < -0.4 is 10.6 Å². The molecule has 0 fully saturated rings. The lowest BCUT2D eigenvalue weighted by Gasteiger charge is -2.06. The quantitative estimate of drug-likeness (QED) is 0.820. The van der Waals surface area contributed by atoms with Crippen LogP contribution in [0.2, 0.25) is 0 Å². The van der Waals surface area contributed by atoms with Crippen LogP contribution in [0.4, 0.5) is 16.0 Å². The Balaban J connectivity index is 2.05. The highest BCUT2D eigenvalue weighted by atomic mass is 19.1. The van der Waals surface area contributed by atoms with Gasteiger partial charge in [-0.3, -0.25) is 4.79 Å². The lowest BCUT2D eigenvalue weighted by atomic mass is 10.2. The minimum absolute atomic E-state index is 0.0387. The van der Waals surface area contributed by atoms with E-state index in [2.05, 4.69) is 27.4 Å². The first-order valence-corrected chi connectivity index (χ1v) is 5.95. The molecular weight excluding hydrogens is 259 g/mol. The van der Waals surface area contributed by atoms with Crippen molar-refractivity contribution in [2.75, 3.05) is 17.2 Å². The first-order valence-electron chi connectivity index (χ1n) is 5.95. The predicted octanol–water partition coefficient (Wildman–Crippen LogP) is 2.47. The Bertz CT molecular complexity index is 613. The van der Waals surface area contributed by atoms with E-state index in [0.717, 1.165) is 0 Å². The van der Waals surface area contributed by atoms with Gasteiger partial charge in [-0.05, 0) is 24.3 Å². The number of amides is 1. The maximum atomic E-state index is 13.4. The average molecular weight is 272 g/mol. The fraction of sp³-hybridized carbons (Fsp3) is 0.0714. The van der Waals surface area contributed by atoms with Crippen LogP contribution in [0.15, 0.2) is 49.1 Å². The second-order valence-corrected chi connectivity index (χ2v) is 3.91. The van der Waals surface area contributed by atoms with Crippen LogP contribution in [0.25, 0.3) is 0 Å². The molecule has 0 spiro atoms. The molecule has 1 amide bonds. The minimum Gasteiger partial charge on any atom is -0.365 e. The Hall–Kier alpha value is -2.76. The van der Waals surface area contributed by atoms with Crippen LogP contribution in [0, 0.1) is 5.82 Å². The topological polar surface area (TPSA) is 66.9 Å². The second-order valence-electron chi connectivity index (χ2n) is 3.91. The number of aromatic nitrogens is 2. The van der Waals surface area contributed by atoms with Crippen LogP contribution in [-0.4, -0.2) is 22.6 Å². The molecule has 0 aliphatic carbocycles. The van der Waals surface area contributed by atoms with Crippen LogP contribution in [-0.2, 0) is 0 Å². The monoisotopic (exact) mass is 272 g/mol. The van der Waals surface area contributed by atoms with Crippen molar-refractivity contribution in [3.05, 3.63) is 60.4 Å². The first kappa shape index (κ1) is 13.7. The van der Waals surface area contributed by atoms with Crippen molar-refractivity contribution in [2.24, 2.45) is 0 Å². The molecule has 0 saturated heterocycles. The molecule has 2 aromatic rings. The number of carbonyl (C=O) groups is 1. The van der Waals surface area contributed by atoms with Crippen molar-refractivity contribution in [1.82, 2.24) is 10.2 Å². The van der Waals surface area contributed by atoms with E-state index < -0.39 is 11.7 Å². The highest BCUT2D eigenvalue weighted by Crippen LogP contribution is 2.10. The summed E-state index contributed by atoms with van der Waals surface area (Å²) in [5, 5.41) is 13.1. The number of nitrogens with one attached hydrogen (secondary N) is 2. The summed E-state index contributed by atoms with van der Waals surface area (Å²) in [7, 11) is 0. The molecule has 0 atom stereocenters. The zero-order valence-electron chi connectivity index (χ0n) is 10.6. The fourth-order valence-corrected chi connectivity index (χ4v) is 1.50. The summed E-state index contributed by atoms with van der Waals surface area (Å²) in [6.45, 7) is 4.14. The van der Waals surface area contributed by atoms with E-state index in [1.807, 2.05) is 0 Å². The summed E-state index contributed by atoms with van der Waals surface area (Å²) in [4.78, 5) is 11.8. The molecular formula is C14H13FN4O. The zero-order chi connectivity index (χ0) is 14.4. The Kier molecular flexibility index (Phi) is 4.39. The molecule has 20 heavy (non-hydrogen) atoms. The number of nitrogens with zero attached hydrogens (tertiary/aromatic N) is 2. The molecule has 1 heterocycles. The van der Waals surface area contributed by atoms with E-state index >= 15 is 0 Å². The summed E-state index contributed by atoms with van der Waals surface area (Å²) < 4.78 is 13.4. The number of hydrogen-bond acceptors (Lipinski definition) is 4. The van der Waals surface area contributed by atoms with Crippen molar-refractivity contribution in [1.29, 1.82) is 0 Å². The van der Waals surface area contributed by atoms with Gasteiger partial charge in [0, 0.05) is 6.54 Å². The third-order valence-electron chi connectivity index (χ3n) is 2.45. The Morgan fingerprint density at radius 2 is 1.90 bits per heavy atom. The minimum atomic E-state index is -0.581. The van der Waals surface area contributed by atoms with Gasteiger partial charge >= 0.3 is 0 Å². The number of carbonyl (C=O) groups excluding carboxylic acids is 1. The van der Waals surface area contributed by atoms with Gasteiger partial charge in [-0.1, -0.05) is 18.2 Å². The molecule has 0 radical (unpaired) electrons. The molecule has 0 aliphatic rings. The summed E-state index contributed by atoms with van der Waals surface area (Å²) in [6.07, 6.45) is 1.69. The molecule has 5 nitrogen and oxygen atoms in total. The van der Waals surface area contributed by atoms with Crippen LogP contribution in [0.5, 0.6) is 0 Å². The molecule has 2 rings (SSSR count). The van der Waals surface area contributed by atoms with Gasteiger partial charge in [-0.2, -0.15) is 0 Å². The van der Waals surface area contributed by atoms with Gasteiger partial charge in [-0.25, -0.2) is 4.39 Å². The maximum absolute atomic E-state index is 13.4. The molecule has 0 saturated carbocycles. The lowest BCUT2D eigenvalue weighted by molar-refractivity contribution is 0.102. The highest BCUT2D eigenvalue weighted by Gasteiger charge is 2.11. The van der Waals surface area contributed by atoms with E-state index in [1.54, 1.807) is 24.3 Å². The maximum Gasteiger partial charge on any atom is 0.259 e. The van der Waals surface area contributed by atoms with Gasteiger partial charge in [-0.15, -0.1) is 16.8 Å². The third kappa shape index (κ3) is 3.38. The summed E-state index contributed by atoms with van der Waals surface area (Å²) in [5.41, 5.74) is -0.0387. The van der Waals surface area contributed by atoms with Crippen LogP contribution in [0.1, 0.15) is 10.4 Å². The molecule has 6 heteroatoms. The molecule has 1 aromatic heterocycles. The highest BCUT2D eigenvalue weighted by molar-refractivity contribution is 6.03. The number of hydrogen-bond donors (Lipinski definition) is 2. The van der Waals surface area contributed by atoms with E-state index in [0.29, 0.717) is 12.4 Å². The van der Waals surface area contributed by atoms with Crippen molar-refractivity contribution < 1.29 is 9.18 Å². The lowest BCUT2D eigenvalue weighted by Crippen LogP contribution is -2.15.